The highest BCUT2D eigenvalue weighted by Gasteiger charge is 2.62. The van der Waals surface area contributed by atoms with Crippen LogP contribution in [0.25, 0.3) is 0 Å². The molecule has 0 unspecified atom stereocenters. The molecule has 3 aliphatic carbocycles. The number of fused-ring (bicyclic) bond motifs is 5. The third kappa shape index (κ3) is 1.35. The van der Waals surface area contributed by atoms with Gasteiger partial charge in [-0.05, 0) is 33.4 Å². The second-order valence-electron chi connectivity index (χ2n) is 7.97. The fourth-order valence-corrected chi connectivity index (χ4v) is 6.45. The van der Waals surface area contributed by atoms with Gasteiger partial charge in [0.05, 0.1) is 12.2 Å². The van der Waals surface area contributed by atoms with E-state index in [1.165, 1.54) is 11.1 Å². The quantitative estimate of drug-likeness (QED) is 0.543. The Morgan fingerprint density at radius 2 is 0.760 bits per heavy atom. The Balaban J connectivity index is 1.54. The van der Waals surface area contributed by atoms with Crippen molar-refractivity contribution in [2.45, 2.75) is 24.0 Å². The Kier molecular flexibility index (Phi) is 2.18. The van der Waals surface area contributed by atoms with Gasteiger partial charge in [-0.15, -0.1) is 0 Å². The van der Waals surface area contributed by atoms with Gasteiger partial charge in [0.15, 0.2) is 0 Å². The Bertz CT molecular complexity index is 907. The van der Waals surface area contributed by atoms with Gasteiger partial charge in [-0.2, -0.15) is 0 Å². The minimum atomic E-state index is 0.264. The van der Waals surface area contributed by atoms with E-state index in [1.807, 2.05) is 0 Å². The monoisotopic (exact) mass is 322 g/mol. The van der Waals surface area contributed by atoms with Crippen LogP contribution < -0.4 is 0 Å². The lowest BCUT2D eigenvalue weighted by Gasteiger charge is -2.51. The summed E-state index contributed by atoms with van der Waals surface area (Å²) in [5, 5.41) is 0. The van der Waals surface area contributed by atoms with Crippen molar-refractivity contribution in [2.75, 3.05) is 0 Å². The second-order valence-corrected chi connectivity index (χ2v) is 7.97. The van der Waals surface area contributed by atoms with Crippen molar-refractivity contribution >= 4 is 0 Å². The van der Waals surface area contributed by atoms with Gasteiger partial charge < -0.3 is 4.74 Å². The van der Waals surface area contributed by atoms with Gasteiger partial charge in [-0.25, -0.2) is 0 Å². The molecular weight excluding hydrogens is 304 g/mol. The van der Waals surface area contributed by atoms with Crippen molar-refractivity contribution in [1.82, 2.24) is 0 Å². The summed E-state index contributed by atoms with van der Waals surface area (Å²) >= 11 is 0. The molecule has 2 heterocycles. The number of hydrogen-bond donors (Lipinski definition) is 0. The van der Waals surface area contributed by atoms with Crippen molar-refractivity contribution < 1.29 is 4.74 Å². The van der Waals surface area contributed by atoms with Crippen molar-refractivity contribution in [2.24, 2.45) is 11.8 Å². The summed E-state index contributed by atoms with van der Waals surface area (Å²) in [7, 11) is 0. The molecule has 0 radical (unpaired) electrons. The molecule has 5 aliphatic rings. The van der Waals surface area contributed by atoms with Gasteiger partial charge in [-0.3, -0.25) is 0 Å². The van der Waals surface area contributed by atoms with Crippen LogP contribution in [0.3, 0.4) is 0 Å². The summed E-state index contributed by atoms with van der Waals surface area (Å²) in [5.74, 6) is 2.11. The Hall–Kier alpha value is -2.38. The van der Waals surface area contributed by atoms with Crippen LogP contribution in [0.1, 0.15) is 57.4 Å². The average Bonchev–Trinajstić information content (AvgIpc) is 3.26. The second kappa shape index (κ2) is 4.23. The fraction of sp³-hybridized carbons (Fsp3) is 0.250. The number of rotatable bonds is 0. The third-order valence-electron chi connectivity index (χ3n) is 7.15. The highest BCUT2D eigenvalue weighted by atomic mass is 16.5. The minimum absolute atomic E-state index is 0.264. The molecule has 0 saturated carbocycles. The summed E-state index contributed by atoms with van der Waals surface area (Å²) in [6, 6.07) is 27.2. The standard InChI is InChI=1S/C24H18O/c1-2-8-14-13(7-1)19-15-9-3-4-10-16(15)20(14)22-21(19)23-17-11-5-6-12-18(17)24(22)25-23/h1-12,19-24H/t19?,20?,21-,22-,23-,24-/m1/s1. The van der Waals surface area contributed by atoms with Gasteiger partial charge in [0.2, 0.25) is 0 Å². The summed E-state index contributed by atoms with van der Waals surface area (Å²) in [4.78, 5) is 0. The minimum Gasteiger partial charge on any atom is -0.365 e. The maximum Gasteiger partial charge on any atom is 0.0878 e. The molecule has 3 aromatic carbocycles. The Morgan fingerprint density at radius 3 is 1.12 bits per heavy atom. The molecule has 8 rings (SSSR count). The summed E-state index contributed by atoms with van der Waals surface area (Å²) in [6.45, 7) is 0. The van der Waals surface area contributed by atoms with Gasteiger partial charge in [-0.1, -0.05) is 72.8 Å². The molecule has 2 aliphatic heterocycles. The topological polar surface area (TPSA) is 9.23 Å². The summed E-state index contributed by atoms with van der Waals surface area (Å²) in [6.07, 6.45) is 0.529. The molecule has 25 heavy (non-hydrogen) atoms. The lowest BCUT2D eigenvalue weighted by molar-refractivity contribution is 0.0533. The number of hydrogen-bond acceptors (Lipinski definition) is 1. The molecule has 1 fully saturated rings. The largest absolute Gasteiger partial charge is 0.365 e. The molecule has 0 amide bonds. The Morgan fingerprint density at radius 1 is 0.440 bits per heavy atom. The van der Waals surface area contributed by atoms with Gasteiger partial charge in [0.25, 0.3) is 0 Å². The summed E-state index contributed by atoms with van der Waals surface area (Å²) in [5.41, 5.74) is 9.05. The zero-order chi connectivity index (χ0) is 16.1. The van der Waals surface area contributed by atoms with Crippen LogP contribution in [0, 0.1) is 11.8 Å². The molecule has 1 heteroatoms. The first-order valence-corrected chi connectivity index (χ1v) is 9.35. The molecule has 0 spiro atoms. The highest BCUT2D eigenvalue weighted by Crippen LogP contribution is 2.71. The van der Waals surface area contributed by atoms with Crippen molar-refractivity contribution in [3.63, 3.8) is 0 Å². The van der Waals surface area contributed by atoms with Crippen LogP contribution in [-0.2, 0) is 4.74 Å². The molecule has 0 N–H and O–H groups in total. The SMILES string of the molecule is c1ccc2c(c1)C1c3ccccc3C2[C@@H]2[C@@H]1[C@@H]1O[C@@H]2c2ccccc21. The third-order valence-corrected chi connectivity index (χ3v) is 7.15. The van der Waals surface area contributed by atoms with Crippen LogP contribution in [0.4, 0.5) is 0 Å². The van der Waals surface area contributed by atoms with E-state index in [4.69, 9.17) is 4.74 Å². The van der Waals surface area contributed by atoms with Gasteiger partial charge >= 0.3 is 0 Å². The predicted molar refractivity (Wildman–Crippen MR) is 96.6 cm³/mol. The maximum atomic E-state index is 6.63. The molecule has 120 valence electrons. The number of ether oxygens (including phenoxy) is 1. The molecule has 3 aromatic rings. The van der Waals surface area contributed by atoms with E-state index in [9.17, 15) is 0 Å². The molecule has 4 atom stereocenters. The van der Waals surface area contributed by atoms with Crippen LogP contribution in [0.15, 0.2) is 72.8 Å². The van der Waals surface area contributed by atoms with Crippen molar-refractivity contribution in [3.8, 4) is 0 Å². The van der Waals surface area contributed by atoms with E-state index in [1.54, 1.807) is 22.3 Å². The molecule has 0 aromatic heterocycles. The normalized spacial score (nSPS) is 35.0. The molecule has 1 nitrogen and oxygen atoms in total. The zero-order valence-electron chi connectivity index (χ0n) is 13.8. The van der Waals surface area contributed by atoms with E-state index in [-0.39, 0.29) is 12.2 Å². The van der Waals surface area contributed by atoms with E-state index in [0.717, 1.165) is 0 Å². The van der Waals surface area contributed by atoms with Gasteiger partial charge in [0.1, 0.15) is 0 Å². The molecule has 4 bridgehead atoms. The Labute approximate surface area is 147 Å². The number of benzene rings is 3. The summed E-state index contributed by atoms with van der Waals surface area (Å²) < 4.78 is 6.63. The molecular formula is C24H18O. The van der Waals surface area contributed by atoms with E-state index in [0.29, 0.717) is 23.7 Å². The van der Waals surface area contributed by atoms with Crippen LogP contribution in [0.5, 0.6) is 0 Å². The van der Waals surface area contributed by atoms with Crippen LogP contribution >= 0.6 is 0 Å². The first-order valence-electron chi connectivity index (χ1n) is 9.35. The van der Waals surface area contributed by atoms with Crippen molar-refractivity contribution in [1.29, 1.82) is 0 Å². The highest BCUT2D eigenvalue weighted by molar-refractivity contribution is 5.59. The van der Waals surface area contributed by atoms with Crippen LogP contribution in [-0.4, -0.2) is 0 Å². The lowest BCUT2D eigenvalue weighted by atomic mass is 9.50. The first kappa shape index (κ1) is 12.9. The first-order chi connectivity index (χ1) is 12.4. The predicted octanol–water partition coefficient (Wildman–Crippen LogP) is 5.34. The smallest absolute Gasteiger partial charge is 0.0878 e. The van der Waals surface area contributed by atoms with E-state index < -0.39 is 0 Å². The molecule has 1 saturated heterocycles. The fourth-order valence-electron chi connectivity index (χ4n) is 6.45. The van der Waals surface area contributed by atoms with E-state index in [2.05, 4.69) is 72.8 Å². The van der Waals surface area contributed by atoms with Crippen molar-refractivity contribution in [3.05, 3.63) is 106 Å². The van der Waals surface area contributed by atoms with E-state index >= 15 is 0 Å². The van der Waals surface area contributed by atoms with Crippen LogP contribution in [0.2, 0.25) is 0 Å². The maximum absolute atomic E-state index is 6.63. The van der Waals surface area contributed by atoms with Gasteiger partial charge in [0, 0.05) is 23.7 Å². The zero-order valence-corrected chi connectivity index (χ0v) is 13.8. The lowest BCUT2D eigenvalue weighted by Crippen LogP contribution is -2.42. The average molecular weight is 322 g/mol.